The first-order valence-corrected chi connectivity index (χ1v) is 9.15. The fourth-order valence-corrected chi connectivity index (χ4v) is 3.59. The van der Waals surface area contributed by atoms with Crippen LogP contribution in [0.1, 0.15) is 29.0 Å². The van der Waals surface area contributed by atoms with Crippen molar-refractivity contribution in [2.45, 2.75) is 19.8 Å². The molecular formula is C20H22N6O. The minimum Gasteiger partial charge on any atom is -0.340 e. The fraction of sp³-hybridized carbons (Fsp3) is 0.350. The van der Waals surface area contributed by atoms with Crippen molar-refractivity contribution >= 4 is 11.7 Å². The van der Waals surface area contributed by atoms with Crippen molar-refractivity contribution in [3.63, 3.8) is 0 Å². The number of hydrogen-bond acceptors (Lipinski definition) is 6. The Balaban J connectivity index is 1.56. The standard InChI is InChI=1S/C20H22N6O/c1-14-16(13-25(2)24-14)17-8-10-22-20(23-17)26-11-5-6-15(12-26)19(27)18-7-3-4-9-21-18/h3-4,7-10,13,15H,5-6,11-12H2,1-2H3/t15-/m1/s1. The van der Waals surface area contributed by atoms with E-state index >= 15 is 0 Å². The van der Waals surface area contributed by atoms with Crippen LogP contribution in [0.5, 0.6) is 0 Å². The Morgan fingerprint density at radius 1 is 1.19 bits per heavy atom. The first-order valence-electron chi connectivity index (χ1n) is 9.15. The van der Waals surface area contributed by atoms with Crippen LogP contribution in [0, 0.1) is 12.8 Å². The Hall–Kier alpha value is -3.09. The SMILES string of the molecule is Cc1nn(C)cc1-c1ccnc(N2CCC[C@@H](C(=O)c3ccccn3)C2)n1. The maximum atomic E-state index is 12.8. The summed E-state index contributed by atoms with van der Waals surface area (Å²) in [5.41, 5.74) is 3.32. The number of piperidine rings is 1. The van der Waals surface area contributed by atoms with Gasteiger partial charge in [-0.3, -0.25) is 14.5 Å². The molecule has 27 heavy (non-hydrogen) atoms. The lowest BCUT2D eigenvalue weighted by Crippen LogP contribution is -2.39. The molecule has 1 aliphatic heterocycles. The van der Waals surface area contributed by atoms with Crippen LogP contribution in [0.25, 0.3) is 11.3 Å². The van der Waals surface area contributed by atoms with E-state index in [-0.39, 0.29) is 11.7 Å². The topological polar surface area (TPSA) is 76.8 Å². The summed E-state index contributed by atoms with van der Waals surface area (Å²) in [7, 11) is 1.90. The lowest BCUT2D eigenvalue weighted by Gasteiger charge is -2.32. The summed E-state index contributed by atoms with van der Waals surface area (Å²) < 4.78 is 1.79. The number of Topliss-reactive ketones (excluding diaryl/α,β-unsaturated/α-hetero) is 1. The van der Waals surface area contributed by atoms with Crippen LogP contribution in [0.2, 0.25) is 0 Å². The normalized spacial score (nSPS) is 17.1. The number of aryl methyl sites for hydroxylation is 2. The second kappa shape index (κ2) is 7.26. The van der Waals surface area contributed by atoms with E-state index in [2.05, 4.69) is 20.0 Å². The van der Waals surface area contributed by atoms with Crippen LogP contribution < -0.4 is 4.90 Å². The van der Waals surface area contributed by atoms with E-state index in [4.69, 9.17) is 4.98 Å². The zero-order valence-corrected chi connectivity index (χ0v) is 15.5. The van der Waals surface area contributed by atoms with E-state index in [1.54, 1.807) is 23.1 Å². The molecule has 0 unspecified atom stereocenters. The molecule has 1 aliphatic rings. The lowest BCUT2D eigenvalue weighted by molar-refractivity contribution is 0.0901. The highest BCUT2D eigenvalue weighted by Crippen LogP contribution is 2.26. The molecule has 0 saturated carbocycles. The highest BCUT2D eigenvalue weighted by molar-refractivity contribution is 5.96. The fourth-order valence-electron chi connectivity index (χ4n) is 3.59. The zero-order chi connectivity index (χ0) is 18.8. The van der Waals surface area contributed by atoms with Gasteiger partial charge in [0.15, 0.2) is 5.78 Å². The molecule has 7 nitrogen and oxygen atoms in total. The van der Waals surface area contributed by atoms with Gasteiger partial charge in [0.25, 0.3) is 0 Å². The number of hydrogen-bond donors (Lipinski definition) is 0. The van der Waals surface area contributed by atoms with Crippen molar-refractivity contribution < 1.29 is 4.79 Å². The van der Waals surface area contributed by atoms with Crippen molar-refractivity contribution in [2.75, 3.05) is 18.0 Å². The summed E-state index contributed by atoms with van der Waals surface area (Å²) in [6, 6.07) is 7.35. The minimum atomic E-state index is -0.0824. The molecule has 0 aliphatic carbocycles. The molecule has 7 heteroatoms. The monoisotopic (exact) mass is 362 g/mol. The van der Waals surface area contributed by atoms with Crippen molar-refractivity contribution in [3.05, 3.63) is 54.2 Å². The first-order chi connectivity index (χ1) is 13.1. The van der Waals surface area contributed by atoms with E-state index in [0.717, 1.165) is 36.3 Å². The highest BCUT2D eigenvalue weighted by Gasteiger charge is 2.28. The Morgan fingerprint density at radius 2 is 2.07 bits per heavy atom. The molecule has 1 atom stereocenters. The molecule has 4 heterocycles. The number of anilines is 1. The van der Waals surface area contributed by atoms with E-state index in [0.29, 0.717) is 18.2 Å². The Labute approximate surface area is 158 Å². The molecule has 3 aromatic heterocycles. The summed E-state index contributed by atoms with van der Waals surface area (Å²) in [5.74, 6) is 0.676. The first kappa shape index (κ1) is 17.3. The molecular weight excluding hydrogens is 340 g/mol. The average Bonchev–Trinajstić information content (AvgIpc) is 3.06. The number of nitrogens with zero attached hydrogens (tertiary/aromatic N) is 6. The molecule has 138 valence electrons. The quantitative estimate of drug-likeness (QED) is 0.664. The van der Waals surface area contributed by atoms with E-state index in [1.165, 1.54) is 0 Å². The molecule has 4 rings (SSSR count). The van der Waals surface area contributed by atoms with E-state index in [1.807, 2.05) is 38.4 Å². The van der Waals surface area contributed by atoms with Gasteiger partial charge >= 0.3 is 0 Å². The summed E-state index contributed by atoms with van der Waals surface area (Å²) in [4.78, 5) is 28.3. The van der Waals surface area contributed by atoms with Crippen molar-refractivity contribution in [3.8, 4) is 11.3 Å². The molecule has 1 saturated heterocycles. The maximum Gasteiger partial charge on any atom is 0.225 e. The summed E-state index contributed by atoms with van der Waals surface area (Å²) in [6.45, 7) is 3.44. The highest BCUT2D eigenvalue weighted by atomic mass is 16.1. The van der Waals surface area contributed by atoms with Crippen LogP contribution in [0.4, 0.5) is 5.95 Å². The van der Waals surface area contributed by atoms with Gasteiger partial charge in [0.1, 0.15) is 5.69 Å². The predicted octanol–water partition coefficient (Wildman–Crippen LogP) is 2.68. The van der Waals surface area contributed by atoms with E-state index < -0.39 is 0 Å². The van der Waals surface area contributed by atoms with Gasteiger partial charge in [0.05, 0.1) is 11.4 Å². The van der Waals surface area contributed by atoms with Crippen LogP contribution >= 0.6 is 0 Å². The third-order valence-corrected chi connectivity index (χ3v) is 4.92. The Morgan fingerprint density at radius 3 is 2.81 bits per heavy atom. The second-order valence-corrected chi connectivity index (χ2v) is 6.91. The van der Waals surface area contributed by atoms with Crippen molar-refractivity contribution in [1.82, 2.24) is 24.7 Å². The largest absolute Gasteiger partial charge is 0.340 e. The zero-order valence-electron chi connectivity index (χ0n) is 15.5. The smallest absolute Gasteiger partial charge is 0.225 e. The number of aromatic nitrogens is 5. The van der Waals surface area contributed by atoms with Gasteiger partial charge in [0, 0.05) is 50.2 Å². The molecule has 0 amide bonds. The number of rotatable bonds is 4. The molecule has 0 bridgehead atoms. The van der Waals surface area contributed by atoms with Gasteiger partial charge in [0.2, 0.25) is 5.95 Å². The molecule has 0 spiro atoms. The number of carbonyl (C=O) groups is 1. The van der Waals surface area contributed by atoms with Crippen LogP contribution in [0.3, 0.4) is 0 Å². The molecule has 0 N–H and O–H groups in total. The number of carbonyl (C=O) groups excluding carboxylic acids is 1. The predicted molar refractivity (Wildman–Crippen MR) is 102 cm³/mol. The molecule has 0 radical (unpaired) electrons. The molecule has 0 aromatic carbocycles. The Bertz CT molecular complexity index is 952. The number of pyridine rings is 1. The van der Waals surface area contributed by atoms with Gasteiger partial charge < -0.3 is 4.90 Å². The van der Waals surface area contributed by atoms with E-state index in [9.17, 15) is 4.79 Å². The molecule has 3 aromatic rings. The van der Waals surface area contributed by atoms with Crippen molar-refractivity contribution in [2.24, 2.45) is 13.0 Å². The summed E-state index contributed by atoms with van der Waals surface area (Å²) >= 11 is 0. The second-order valence-electron chi connectivity index (χ2n) is 6.91. The Kier molecular flexibility index (Phi) is 4.66. The van der Waals surface area contributed by atoms with Gasteiger partial charge in [-0.1, -0.05) is 6.07 Å². The van der Waals surface area contributed by atoms with Crippen LogP contribution in [-0.4, -0.2) is 43.6 Å². The van der Waals surface area contributed by atoms with Gasteiger partial charge in [-0.05, 0) is 38.0 Å². The third kappa shape index (κ3) is 3.58. The van der Waals surface area contributed by atoms with Crippen LogP contribution in [0.15, 0.2) is 42.9 Å². The van der Waals surface area contributed by atoms with Gasteiger partial charge in [-0.15, -0.1) is 0 Å². The summed E-state index contributed by atoms with van der Waals surface area (Å²) in [6.07, 6.45) is 7.20. The third-order valence-electron chi connectivity index (χ3n) is 4.92. The summed E-state index contributed by atoms with van der Waals surface area (Å²) in [5, 5.41) is 4.39. The van der Waals surface area contributed by atoms with Crippen molar-refractivity contribution in [1.29, 1.82) is 0 Å². The molecule has 1 fully saturated rings. The lowest BCUT2D eigenvalue weighted by atomic mass is 9.92. The van der Waals surface area contributed by atoms with Crippen LogP contribution in [-0.2, 0) is 7.05 Å². The maximum absolute atomic E-state index is 12.8. The average molecular weight is 362 g/mol. The minimum absolute atomic E-state index is 0.0824. The van der Waals surface area contributed by atoms with Gasteiger partial charge in [-0.25, -0.2) is 9.97 Å². The number of ketones is 1. The van der Waals surface area contributed by atoms with Gasteiger partial charge in [-0.2, -0.15) is 5.10 Å².